The van der Waals surface area contributed by atoms with E-state index in [-0.39, 0.29) is 0 Å². The Labute approximate surface area is 170 Å². The molecule has 0 fully saturated rings. The van der Waals surface area contributed by atoms with Crippen LogP contribution >= 0.6 is 0 Å². The van der Waals surface area contributed by atoms with E-state index in [4.69, 9.17) is 0 Å². The maximum atomic E-state index is 3.57. The molecule has 0 unspecified atom stereocenters. The van der Waals surface area contributed by atoms with E-state index in [1.165, 1.54) is 21.5 Å². The third-order valence-corrected chi connectivity index (χ3v) is 5.03. The molecule has 5 rings (SSSR count). The van der Waals surface area contributed by atoms with Crippen molar-refractivity contribution in [2.45, 2.75) is 0 Å². The molecule has 29 heavy (non-hydrogen) atoms. The lowest BCUT2D eigenvalue weighted by Gasteiger charge is -2.28. The molecular weight excluding hydrogens is 354 g/mol. The standard InChI is InChI=1S/C26H21N3/c1-2-13-23(14-3-1)27-29(24-18-17-20-9-4-5-11-22(20)19-24)28-26-16-8-12-21-10-6-7-15-25(21)26/h1-19,27-28H. The van der Waals surface area contributed by atoms with Crippen LogP contribution < -0.4 is 16.0 Å². The average Bonchev–Trinajstić information content (AvgIpc) is 2.79. The van der Waals surface area contributed by atoms with Gasteiger partial charge in [-0.3, -0.25) is 10.9 Å². The van der Waals surface area contributed by atoms with E-state index in [1.54, 1.807) is 0 Å². The highest BCUT2D eigenvalue weighted by Crippen LogP contribution is 2.27. The molecule has 0 saturated carbocycles. The highest BCUT2D eigenvalue weighted by molar-refractivity contribution is 5.94. The largest absolute Gasteiger partial charge is 0.280 e. The Morgan fingerprint density at radius 1 is 0.483 bits per heavy atom. The zero-order chi connectivity index (χ0) is 19.5. The highest BCUT2D eigenvalue weighted by Gasteiger charge is 2.10. The van der Waals surface area contributed by atoms with Crippen LogP contribution in [0.1, 0.15) is 0 Å². The summed E-state index contributed by atoms with van der Waals surface area (Å²) in [6, 6.07) is 39.7. The predicted octanol–water partition coefficient (Wildman–Crippen LogP) is 6.85. The molecule has 0 saturated heterocycles. The quantitative estimate of drug-likeness (QED) is 0.329. The summed E-state index contributed by atoms with van der Waals surface area (Å²) in [6.45, 7) is 0. The van der Waals surface area contributed by atoms with Crippen molar-refractivity contribution in [2.24, 2.45) is 0 Å². The Bertz CT molecular complexity index is 1260. The van der Waals surface area contributed by atoms with Crippen LogP contribution in [0.3, 0.4) is 0 Å². The number of anilines is 3. The van der Waals surface area contributed by atoms with Crippen molar-refractivity contribution in [3.05, 3.63) is 115 Å². The summed E-state index contributed by atoms with van der Waals surface area (Å²) in [5, 5.41) is 6.78. The molecule has 0 atom stereocenters. The van der Waals surface area contributed by atoms with Crippen LogP contribution in [0.15, 0.2) is 115 Å². The first kappa shape index (κ1) is 17.1. The Hall–Kier alpha value is -3.98. The highest BCUT2D eigenvalue weighted by atomic mass is 15.7. The molecule has 5 aromatic rings. The Morgan fingerprint density at radius 3 is 2.03 bits per heavy atom. The number of hydrogen-bond acceptors (Lipinski definition) is 3. The van der Waals surface area contributed by atoms with Crippen LogP contribution in [0.25, 0.3) is 21.5 Å². The predicted molar refractivity (Wildman–Crippen MR) is 124 cm³/mol. The topological polar surface area (TPSA) is 27.3 Å². The van der Waals surface area contributed by atoms with Crippen molar-refractivity contribution in [3.8, 4) is 0 Å². The van der Waals surface area contributed by atoms with Gasteiger partial charge in [-0.05, 0) is 46.5 Å². The maximum Gasteiger partial charge on any atom is 0.0817 e. The van der Waals surface area contributed by atoms with Crippen LogP contribution in [-0.2, 0) is 0 Å². The summed E-state index contributed by atoms with van der Waals surface area (Å²) >= 11 is 0. The van der Waals surface area contributed by atoms with Crippen molar-refractivity contribution in [2.75, 3.05) is 16.0 Å². The van der Waals surface area contributed by atoms with Gasteiger partial charge in [0, 0.05) is 5.39 Å². The number of para-hydroxylation sites is 1. The van der Waals surface area contributed by atoms with Gasteiger partial charge >= 0.3 is 0 Å². The van der Waals surface area contributed by atoms with E-state index in [0.717, 1.165) is 17.1 Å². The number of nitrogens with one attached hydrogen (secondary N) is 2. The number of nitrogens with zero attached hydrogens (tertiary/aromatic N) is 1. The van der Waals surface area contributed by atoms with E-state index in [1.807, 2.05) is 23.3 Å². The fourth-order valence-corrected chi connectivity index (χ4v) is 3.56. The minimum atomic E-state index is 1.01. The number of fused-ring (bicyclic) bond motifs is 2. The van der Waals surface area contributed by atoms with Crippen molar-refractivity contribution in [3.63, 3.8) is 0 Å². The monoisotopic (exact) mass is 375 g/mol. The number of hydrazine groups is 2. The SMILES string of the molecule is c1ccc(NN(Nc2cccc3ccccc23)c2ccc3ccccc3c2)cc1. The molecule has 3 heteroatoms. The number of benzene rings is 5. The molecule has 0 aromatic heterocycles. The fraction of sp³-hybridized carbons (Fsp3) is 0. The van der Waals surface area contributed by atoms with E-state index < -0.39 is 0 Å². The summed E-state index contributed by atoms with van der Waals surface area (Å²) in [5.41, 5.74) is 10.1. The molecule has 5 aromatic carbocycles. The Morgan fingerprint density at radius 2 is 1.17 bits per heavy atom. The fourth-order valence-electron chi connectivity index (χ4n) is 3.56. The molecule has 0 aliphatic heterocycles. The van der Waals surface area contributed by atoms with Crippen LogP contribution in [-0.4, -0.2) is 0 Å². The van der Waals surface area contributed by atoms with Gasteiger partial charge in [-0.1, -0.05) is 84.9 Å². The third-order valence-electron chi connectivity index (χ3n) is 5.03. The van der Waals surface area contributed by atoms with Crippen LogP contribution in [0.5, 0.6) is 0 Å². The van der Waals surface area contributed by atoms with E-state index >= 15 is 0 Å². The Balaban J connectivity index is 1.57. The van der Waals surface area contributed by atoms with E-state index in [0.29, 0.717) is 0 Å². The lowest BCUT2D eigenvalue weighted by atomic mass is 10.1. The molecule has 3 nitrogen and oxygen atoms in total. The molecule has 0 aliphatic rings. The zero-order valence-corrected chi connectivity index (χ0v) is 15.9. The second-order valence-electron chi connectivity index (χ2n) is 6.98. The van der Waals surface area contributed by atoms with Crippen LogP contribution in [0.4, 0.5) is 17.1 Å². The van der Waals surface area contributed by atoms with Gasteiger partial charge in [0.2, 0.25) is 0 Å². The van der Waals surface area contributed by atoms with Crippen molar-refractivity contribution in [1.82, 2.24) is 0 Å². The molecule has 0 amide bonds. The summed E-state index contributed by atoms with van der Waals surface area (Å²) in [7, 11) is 0. The summed E-state index contributed by atoms with van der Waals surface area (Å²) < 4.78 is 0. The third kappa shape index (κ3) is 3.58. The van der Waals surface area contributed by atoms with Gasteiger partial charge in [0.05, 0.1) is 17.1 Å². The first-order valence-electron chi connectivity index (χ1n) is 9.72. The van der Waals surface area contributed by atoms with Gasteiger partial charge in [-0.25, -0.2) is 0 Å². The lowest BCUT2D eigenvalue weighted by Crippen LogP contribution is -2.35. The van der Waals surface area contributed by atoms with E-state index in [2.05, 4.69) is 108 Å². The van der Waals surface area contributed by atoms with Crippen molar-refractivity contribution in [1.29, 1.82) is 0 Å². The molecule has 0 bridgehead atoms. The average molecular weight is 375 g/mol. The second-order valence-corrected chi connectivity index (χ2v) is 6.98. The maximum absolute atomic E-state index is 3.57. The molecule has 0 radical (unpaired) electrons. The molecule has 0 spiro atoms. The van der Waals surface area contributed by atoms with Gasteiger partial charge in [-0.2, -0.15) is 5.12 Å². The first-order valence-corrected chi connectivity index (χ1v) is 9.72. The van der Waals surface area contributed by atoms with Gasteiger partial charge in [-0.15, -0.1) is 0 Å². The summed E-state index contributed by atoms with van der Waals surface area (Å²) in [6.07, 6.45) is 0. The second kappa shape index (κ2) is 7.56. The van der Waals surface area contributed by atoms with Gasteiger partial charge < -0.3 is 0 Å². The smallest absolute Gasteiger partial charge is 0.0817 e. The molecule has 2 N–H and O–H groups in total. The summed E-state index contributed by atoms with van der Waals surface area (Å²) in [5.74, 6) is 0. The minimum Gasteiger partial charge on any atom is -0.280 e. The minimum absolute atomic E-state index is 1.01. The van der Waals surface area contributed by atoms with Gasteiger partial charge in [0.15, 0.2) is 0 Å². The molecular formula is C26H21N3. The molecule has 0 aliphatic carbocycles. The van der Waals surface area contributed by atoms with Gasteiger partial charge in [0.1, 0.15) is 0 Å². The van der Waals surface area contributed by atoms with Crippen LogP contribution in [0, 0.1) is 0 Å². The normalized spacial score (nSPS) is 10.8. The van der Waals surface area contributed by atoms with Crippen molar-refractivity contribution >= 4 is 38.6 Å². The number of hydrogen-bond donors (Lipinski definition) is 2. The summed E-state index contributed by atoms with van der Waals surface area (Å²) in [4.78, 5) is 0. The zero-order valence-electron chi connectivity index (χ0n) is 15.9. The first-order chi connectivity index (χ1) is 14.4. The number of rotatable bonds is 5. The van der Waals surface area contributed by atoms with Crippen molar-refractivity contribution < 1.29 is 0 Å². The van der Waals surface area contributed by atoms with Crippen LogP contribution in [0.2, 0.25) is 0 Å². The lowest BCUT2D eigenvalue weighted by molar-refractivity contribution is 1.07. The molecule has 140 valence electrons. The van der Waals surface area contributed by atoms with E-state index in [9.17, 15) is 0 Å². The van der Waals surface area contributed by atoms with Gasteiger partial charge in [0.25, 0.3) is 0 Å². The Kier molecular flexibility index (Phi) is 4.47. The molecule has 0 heterocycles.